The number of piperidine rings is 1. The maximum absolute atomic E-state index is 12.7. The largest absolute Gasteiger partial charge is 0.379 e. The summed E-state index contributed by atoms with van der Waals surface area (Å²) in [7, 11) is 0. The number of aliphatic imine (C=N–C) groups is 1. The Morgan fingerprint density at radius 3 is 2.52 bits per heavy atom. The highest BCUT2D eigenvalue weighted by atomic mass is 16.5. The van der Waals surface area contributed by atoms with Gasteiger partial charge in [0.2, 0.25) is 5.91 Å². The molecule has 0 aliphatic carbocycles. The minimum absolute atomic E-state index is 0.122. The van der Waals surface area contributed by atoms with Gasteiger partial charge in [0.1, 0.15) is 6.54 Å². The molecule has 1 aromatic carbocycles. The fraction of sp³-hybridized carbons (Fsp3) is 0.667. The minimum atomic E-state index is 0.122. The summed E-state index contributed by atoms with van der Waals surface area (Å²) in [5.41, 5.74) is 1.39. The standard InChI is InChI=1S/C24H39N5O2/c1-3-25-24(26-18-20(2)28-13-15-31-16-14-28)27-19-23(30)29-11-9-22(10-12-29)17-21-7-5-4-6-8-21/h4-8,20,22H,3,9-19H2,1-2H3,(H2,25,26,27). The number of hydrogen-bond donors (Lipinski definition) is 2. The van der Waals surface area contributed by atoms with Crippen LogP contribution in [0.5, 0.6) is 0 Å². The van der Waals surface area contributed by atoms with Gasteiger partial charge in [-0.1, -0.05) is 30.3 Å². The molecule has 2 heterocycles. The Hall–Kier alpha value is -2.12. The molecule has 1 atom stereocenters. The summed E-state index contributed by atoms with van der Waals surface area (Å²) in [5.74, 6) is 1.50. The van der Waals surface area contributed by atoms with E-state index >= 15 is 0 Å². The predicted octanol–water partition coefficient (Wildman–Crippen LogP) is 1.74. The number of hydrogen-bond acceptors (Lipinski definition) is 4. The molecule has 0 saturated carbocycles. The van der Waals surface area contributed by atoms with E-state index in [-0.39, 0.29) is 12.5 Å². The highest BCUT2D eigenvalue weighted by Gasteiger charge is 2.23. The first-order valence-electron chi connectivity index (χ1n) is 11.8. The molecule has 0 bridgehead atoms. The molecule has 0 spiro atoms. The van der Waals surface area contributed by atoms with Crippen LogP contribution in [0, 0.1) is 5.92 Å². The van der Waals surface area contributed by atoms with Crippen molar-refractivity contribution in [2.45, 2.75) is 39.2 Å². The van der Waals surface area contributed by atoms with Crippen molar-refractivity contribution in [3.8, 4) is 0 Å². The zero-order valence-electron chi connectivity index (χ0n) is 19.2. The number of likely N-dealkylation sites (tertiary alicyclic amines) is 1. The lowest BCUT2D eigenvalue weighted by Crippen LogP contribution is -2.49. The van der Waals surface area contributed by atoms with Crippen LogP contribution >= 0.6 is 0 Å². The Labute approximate surface area is 187 Å². The average Bonchev–Trinajstić information content (AvgIpc) is 2.82. The summed E-state index contributed by atoms with van der Waals surface area (Å²) >= 11 is 0. The minimum Gasteiger partial charge on any atom is -0.379 e. The Kier molecular flexibility index (Phi) is 9.62. The summed E-state index contributed by atoms with van der Waals surface area (Å²) < 4.78 is 5.43. The SMILES string of the molecule is CCNC(=NCC(=O)N1CCC(Cc2ccccc2)CC1)NCC(C)N1CCOCC1. The number of morpholine rings is 1. The molecule has 2 aliphatic rings. The van der Waals surface area contributed by atoms with Gasteiger partial charge in [0.05, 0.1) is 13.2 Å². The van der Waals surface area contributed by atoms with E-state index in [1.165, 1.54) is 5.56 Å². The number of nitrogens with zero attached hydrogens (tertiary/aromatic N) is 3. The van der Waals surface area contributed by atoms with Crippen LogP contribution in [0.25, 0.3) is 0 Å². The third kappa shape index (κ3) is 7.82. The molecule has 2 fully saturated rings. The van der Waals surface area contributed by atoms with Crippen molar-refractivity contribution in [1.82, 2.24) is 20.4 Å². The Balaban J connectivity index is 1.41. The molecule has 1 unspecified atom stereocenters. The van der Waals surface area contributed by atoms with Crippen LogP contribution in [0.1, 0.15) is 32.3 Å². The molecule has 7 heteroatoms. The van der Waals surface area contributed by atoms with E-state index in [2.05, 4.69) is 57.8 Å². The van der Waals surface area contributed by atoms with E-state index in [4.69, 9.17) is 4.74 Å². The molecule has 1 aromatic rings. The first kappa shape index (κ1) is 23.5. The number of nitrogens with one attached hydrogen (secondary N) is 2. The predicted molar refractivity (Wildman–Crippen MR) is 125 cm³/mol. The topological polar surface area (TPSA) is 69.2 Å². The van der Waals surface area contributed by atoms with E-state index in [1.807, 2.05) is 11.8 Å². The van der Waals surface area contributed by atoms with Crippen molar-refractivity contribution in [3.05, 3.63) is 35.9 Å². The van der Waals surface area contributed by atoms with Crippen molar-refractivity contribution in [3.63, 3.8) is 0 Å². The molecule has 2 aliphatic heterocycles. The van der Waals surface area contributed by atoms with E-state index in [0.29, 0.717) is 12.0 Å². The van der Waals surface area contributed by atoms with Crippen LogP contribution in [0.15, 0.2) is 35.3 Å². The number of ether oxygens (including phenoxy) is 1. The third-order valence-electron chi connectivity index (χ3n) is 6.29. The van der Waals surface area contributed by atoms with Gasteiger partial charge in [0.25, 0.3) is 0 Å². The lowest BCUT2D eigenvalue weighted by Gasteiger charge is -2.32. The summed E-state index contributed by atoms with van der Waals surface area (Å²) in [6, 6.07) is 11.0. The molecule has 7 nitrogen and oxygen atoms in total. The molecule has 0 radical (unpaired) electrons. The number of guanidine groups is 1. The van der Waals surface area contributed by atoms with Crippen molar-refractivity contribution >= 4 is 11.9 Å². The highest BCUT2D eigenvalue weighted by molar-refractivity contribution is 5.85. The van der Waals surface area contributed by atoms with Crippen LogP contribution in [0.4, 0.5) is 0 Å². The molecule has 2 saturated heterocycles. The zero-order chi connectivity index (χ0) is 21.9. The number of amides is 1. The van der Waals surface area contributed by atoms with Gasteiger partial charge >= 0.3 is 0 Å². The van der Waals surface area contributed by atoms with E-state index in [9.17, 15) is 4.79 Å². The summed E-state index contributed by atoms with van der Waals surface area (Å²) in [6.07, 6.45) is 3.25. The first-order valence-corrected chi connectivity index (χ1v) is 11.8. The molecule has 3 rings (SSSR count). The highest BCUT2D eigenvalue weighted by Crippen LogP contribution is 2.21. The van der Waals surface area contributed by atoms with Crippen molar-refractivity contribution in [2.75, 3.05) is 59.0 Å². The van der Waals surface area contributed by atoms with Crippen molar-refractivity contribution in [1.29, 1.82) is 0 Å². The van der Waals surface area contributed by atoms with Gasteiger partial charge in [0, 0.05) is 45.3 Å². The number of carbonyl (C=O) groups is 1. The average molecular weight is 430 g/mol. The monoisotopic (exact) mass is 429 g/mol. The first-order chi connectivity index (χ1) is 15.2. The van der Waals surface area contributed by atoms with Crippen LogP contribution < -0.4 is 10.6 Å². The quantitative estimate of drug-likeness (QED) is 0.487. The molecule has 2 N–H and O–H groups in total. The third-order valence-corrected chi connectivity index (χ3v) is 6.29. The van der Waals surface area contributed by atoms with E-state index < -0.39 is 0 Å². The Bertz CT molecular complexity index is 682. The molecular formula is C24H39N5O2. The second-order valence-corrected chi connectivity index (χ2v) is 8.59. The second kappa shape index (κ2) is 12.7. The van der Waals surface area contributed by atoms with Crippen LogP contribution in [-0.4, -0.2) is 86.7 Å². The van der Waals surface area contributed by atoms with Gasteiger partial charge in [-0.15, -0.1) is 0 Å². The van der Waals surface area contributed by atoms with Crippen LogP contribution in [0.2, 0.25) is 0 Å². The van der Waals surface area contributed by atoms with Gasteiger partial charge in [-0.3, -0.25) is 9.69 Å². The fourth-order valence-electron chi connectivity index (χ4n) is 4.31. The molecule has 31 heavy (non-hydrogen) atoms. The molecule has 172 valence electrons. The van der Waals surface area contributed by atoms with Gasteiger partial charge in [-0.25, -0.2) is 4.99 Å². The smallest absolute Gasteiger partial charge is 0.244 e. The van der Waals surface area contributed by atoms with Gasteiger partial charge in [-0.2, -0.15) is 0 Å². The molecule has 1 amide bonds. The summed E-state index contributed by atoms with van der Waals surface area (Å²) in [4.78, 5) is 21.6. The fourth-order valence-corrected chi connectivity index (χ4v) is 4.31. The van der Waals surface area contributed by atoms with Crippen molar-refractivity contribution < 1.29 is 9.53 Å². The molecule has 0 aromatic heterocycles. The zero-order valence-corrected chi connectivity index (χ0v) is 19.2. The summed E-state index contributed by atoms with van der Waals surface area (Å²) in [5, 5.41) is 6.65. The lowest BCUT2D eigenvalue weighted by molar-refractivity contribution is -0.130. The Morgan fingerprint density at radius 1 is 1.13 bits per heavy atom. The van der Waals surface area contributed by atoms with E-state index in [0.717, 1.165) is 77.7 Å². The van der Waals surface area contributed by atoms with Gasteiger partial charge < -0.3 is 20.3 Å². The normalized spacial score (nSPS) is 19.8. The van der Waals surface area contributed by atoms with Crippen LogP contribution in [-0.2, 0) is 16.0 Å². The van der Waals surface area contributed by atoms with Crippen molar-refractivity contribution in [2.24, 2.45) is 10.9 Å². The lowest BCUT2D eigenvalue weighted by atomic mass is 9.90. The maximum atomic E-state index is 12.7. The van der Waals surface area contributed by atoms with Crippen LogP contribution in [0.3, 0.4) is 0 Å². The Morgan fingerprint density at radius 2 is 1.84 bits per heavy atom. The number of benzene rings is 1. The van der Waals surface area contributed by atoms with Gasteiger partial charge in [-0.05, 0) is 44.6 Å². The second-order valence-electron chi connectivity index (χ2n) is 8.59. The number of carbonyl (C=O) groups excluding carboxylic acids is 1. The van der Waals surface area contributed by atoms with Gasteiger partial charge in [0.15, 0.2) is 5.96 Å². The summed E-state index contributed by atoms with van der Waals surface area (Å²) in [6.45, 7) is 11.2. The van der Waals surface area contributed by atoms with E-state index in [1.54, 1.807) is 0 Å². The maximum Gasteiger partial charge on any atom is 0.244 e. The molecular weight excluding hydrogens is 390 g/mol. The number of rotatable bonds is 8.